The molecule has 0 unspecified atom stereocenters. The Morgan fingerprint density at radius 1 is 0.528 bits per heavy atom. The Labute approximate surface area is 210 Å². The maximum atomic E-state index is 12.1. The van der Waals surface area contributed by atoms with Crippen molar-refractivity contribution >= 4 is 13.8 Å². The van der Waals surface area contributed by atoms with Crippen molar-refractivity contribution in [3.63, 3.8) is 0 Å². The van der Waals surface area contributed by atoms with Crippen LogP contribution in [0.15, 0.2) is 115 Å². The van der Waals surface area contributed by atoms with Crippen molar-refractivity contribution in [1.29, 1.82) is 0 Å². The molecule has 0 amide bonds. The summed E-state index contributed by atoms with van der Waals surface area (Å²) in [6, 6.07) is 34.1. The van der Waals surface area contributed by atoms with Crippen molar-refractivity contribution in [2.75, 3.05) is 0 Å². The van der Waals surface area contributed by atoms with Crippen LogP contribution in [0.2, 0.25) is 0 Å². The molecule has 0 heterocycles. The normalized spacial score (nSPS) is 10.8. The molecule has 5 aromatic rings. The molecule has 2 N–H and O–H groups in total. The van der Waals surface area contributed by atoms with E-state index < -0.39 is 0 Å². The molecule has 5 rings (SSSR count). The second-order valence-electron chi connectivity index (χ2n) is 7.99. The topological polar surface area (TPSA) is 76.0 Å². The molecule has 0 spiro atoms. The Bertz CT molecular complexity index is 1520. The van der Waals surface area contributed by atoms with Gasteiger partial charge in [-0.3, -0.25) is 4.57 Å². The fraction of sp³-hybridized carbons (Fsp3) is 0. The van der Waals surface area contributed by atoms with Gasteiger partial charge in [0.25, 0.3) is 0 Å². The summed E-state index contributed by atoms with van der Waals surface area (Å²) in [5.41, 5.74) is 3.32. The molecule has 0 fully saturated rings. The predicted molar refractivity (Wildman–Crippen MR) is 141 cm³/mol. The van der Waals surface area contributed by atoms with Crippen molar-refractivity contribution in [2.45, 2.75) is 0 Å². The van der Waals surface area contributed by atoms with Gasteiger partial charge in [-0.15, -0.1) is 0 Å². The van der Waals surface area contributed by atoms with Gasteiger partial charge in [0, 0.05) is 23.3 Å². The Morgan fingerprint density at radius 2 is 1.06 bits per heavy atom. The second-order valence-corrected chi connectivity index (χ2v) is 8.66. The van der Waals surface area contributed by atoms with E-state index in [4.69, 9.17) is 9.47 Å². The number of para-hydroxylation sites is 1. The maximum absolute atomic E-state index is 12.1. The van der Waals surface area contributed by atoms with Gasteiger partial charge in [-0.2, -0.15) is 0 Å². The van der Waals surface area contributed by atoms with Crippen LogP contribution in [0.3, 0.4) is 0 Å². The third-order valence-corrected chi connectivity index (χ3v) is 6.14. The van der Waals surface area contributed by atoms with E-state index in [1.165, 1.54) is 12.1 Å². The van der Waals surface area contributed by atoms with Crippen LogP contribution in [-0.4, -0.2) is 10.2 Å². The molecular weight excluding hydrogens is 471 g/mol. The number of benzene rings is 5. The van der Waals surface area contributed by atoms with Gasteiger partial charge >= 0.3 is 0 Å². The largest absolute Gasteiger partial charge is 0.508 e. The molecule has 0 radical (unpaired) electrons. The van der Waals surface area contributed by atoms with Gasteiger partial charge in [0.15, 0.2) is 20.0 Å². The summed E-state index contributed by atoms with van der Waals surface area (Å²) in [6.45, 7) is 0. The van der Waals surface area contributed by atoms with Crippen LogP contribution in [0, 0.1) is 0 Å². The van der Waals surface area contributed by atoms with Gasteiger partial charge in [-0.1, -0.05) is 66.7 Å². The fourth-order valence-corrected chi connectivity index (χ4v) is 4.28. The van der Waals surface area contributed by atoms with Gasteiger partial charge in [-0.25, -0.2) is 0 Å². The SMILES string of the molecule is O=Pc1cccc(Oc2cc(O)ccc2-c2ccccc2)c1Oc1cc(O)ccc1-c1ccccc1. The number of hydrogen-bond acceptors (Lipinski definition) is 5. The van der Waals surface area contributed by atoms with Crippen molar-refractivity contribution in [1.82, 2.24) is 0 Å². The Kier molecular flexibility index (Phi) is 6.65. The summed E-state index contributed by atoms with van der Waals surface area (Å²) >= 11 is 0. The first kappa shape index (κ1) is 23.2. The first-order chi connectivity index (χ1) is 17.6. The smallest absolute Gasteiger partial charge is 0.196 e. The number of hydrogen-bond donors (Lipinski definition) is 2. The number of aromatic hydroxyl groups is 2. The molecule has 0 saturated carbocycles. The fourth-order valence-electron chi connectivity index (χ4n) is 3.89. The van der Waals surface area contributed by atoms with Gasteiger partial charge in [0.05, 0.1) is 5.30 Å². The number of ether oxygens (including phenoxy) is 2. The average molecular weight is 492 g/mol. The average Bonchev–Trinajstić information content (AvgIpc) is 2.91. The molecule has 36 heavy (non-hydrogen) atoms. The molecule has 6 heteroatoms. The van der Waals surface area contributed by atoms with Crippen LogP contribution >= 0.6 is 8.46 Å². The van der Waals surface area contributed by atoms with Crippen molar-refractivity contribution in [3.8, 4) is 56.8 Å². The van der Waals surface area contributed by atoms with E-state index in [0.717, 1.165) is 22.3 Å². The highest BCUT2D eigenvalue weighted by Gasteiger charge is 2.18. The Balaban J connectivity index is 1.60. The molecule has 5 aromatic carbocycles. The molecular formula is C30H21O5P. The van der Waals surface area contributed by atoms with Crippen LogP contribution in [0.1, 0.15) is 0 Å². The Morgan fingerprint density at radius 3 is 1.58 bits per heavy atom. The van der Waals surface area contributed by atoms with Crippen LogP contribution in [0.25, 0.3) is 22.3 Å². The summed E-state index contributed by atoms with van der Waals surface area (Å²) in [7, 11) is -0.259. The number of phenolic OH excluding ortho intramolecular Hbond substituents is 2. The lowest BCUT2D eigenvalue weighted by Crippen LogP contribution is -2.02. The zero-order valence-electron chi connectivity index (χ0n) is 19.0. The lowest BCUT2D eigenvalue weighted by atomic mass is 10.0. The summed E-state index contributed by atoms with van der Waals surface area (Å²) < 4.78 is 24.6. The molecule has 5 nitrogen and oxygen atoms in total. The summed E-state index contributed by atoms with van der Waals surface area (Å²) in [6.07, 6.45) is 0. The lowest BCUT2D eigenvalue weighted by molar-refractivity contribution is 0.415. The van der Waals surface area contributed by atoms with Gasteiger partial charge in [-0.05, 0) is 47.5 Å². The molecule has 0 saturated heterocycles. The van der Waals surface area contributed by atoms with Gasteiger partial charge in [0.2, 0.25) is 0 Å². The van der Waals surface area contributed by atoms with Crippen LogP contribution in [-0.2, 0) is 4.57 Å². The molecule has 0 aromatic heterocycles. The molecule has 0 atom stereocenters. The van der Waals surface area contributed by atoms with Crippen LogP contribution in [0.4, 0.5) is 0 Å². The minimum Gasteiger partial charge on any atom is -0.508 e. The van der Waals surface area contributed by atoms with Gasteiger partial charge < -0.3 is 19.7 Å². The standard InChI is InChI=1S/C30H21O5P/c31-22-14-16-24(20-8-3-1-4-9-20)27(18-22)34-26-12-7-13-29(36-33)30(26)35-28-19-23(32)15-17-25(28)21-10-5-2-6-11-21/h1-19,31-32H. The van der Waals surface area contributed by atoms with Gasteiger partial charge in [0.1, 0.15) is 23.0 Å². The van der Waals surface area contributed by atoms with E-state index >= 15 is 0 Å². The van der Waals surface area contributed by atoms with E-state index in [1.807, 2.05) is 60.7 Å². The van der Waals surface area contributed by atoms with E-state index in [-0.39, 0.29) is 25.7 Å². The molecule has 176 valence electrons. The molecule has 0 aliphatic carbocycles. The highest BCUT2D eigenvalue weighted by Crippen LogP contribution is 2.42. The molecule has 0 aliphatic rings. The highest BCUT2D eigenvalue weighted by atomic mass is 31.1. The summed E-state index contributed by atoms with van der Waals surface area (Å²) in [5, 5.41) is 20.7. The Hall–Kier alpha value is -4.60. The van der Waals surface area contributed by atoms with Crippen LogP contribution < -0.4 is 14.8 Å². The lowest BCUT2D eigenvalue weighted by Gasteiger charge is -2.18. The zero-order valence-corrected chi connectivity index (χ0v) is 19.9. The minimum atomic E-state index is -0.259. The third-order valence-electron chi connectivity index (χ3n) is 5.59. The van der Waals surface area contributed by atoms with Crippen molar-refractivity contribution < 1.29 is 24.3 Å². The van der Waals surface area contributed by atoms with Crippen molar-refractivity contribution in [2.24, 2.45) is 0 Å². The first-order valence-corrected chi connectivity index (χ1v) is 12.0. The monoisotopic (exact) mass is 492 g/mol. The quantitative estimate of drug-likeness (QED) is 0.226. The summed E-state index contributed by atoms with van der Waals surface area (Å²) in [5.74, 6) is 1.40. The third kappa shape index (κ3) is 4.92. The summed E-state index contributed by atoms with van der Waals surface area (Å²) in [4.78, 5) is 0. The molecule has 0 bridgehead atoms. The minimum absolute atomic E-state index is 0.0312. The predicted octanol–water partition coefficient (Wildman–Crippen LogP) is 7.93. The second kappa shape index (κ2) is 10.3. The zero-order chi connectivity index (χ0) is 24.9. The van der Waals surface area contributed by atoms with Crippen LogP contribution in [0.5, 0.6) is 34.5 Å². The number of rotatable bonds is 7. The van der Waals surface area contributed by atoms with E-state index in [2.05, 4.69) is 0 Å². The van der Waals surface area contributed by atoms with E-state index in [0.29, 0.717) is 22.6 Å². The van der Waals surface area contributed by atoms with E-state index in [1.54, 1.807) is 42.5 Å². The van der Waals surface area contributed by atoms with Crippen molar-refractivity contribution in [3.05, 3.63) is 115 Å². The maximum Gasteiger partial charge on any atom is 0.196 e. The first-order valence-electron chi connectivity index (χ1n) is 11.2. The number of phenols is 2. The molecule has 0 aliphatic heterocycles. The van der Waals surface area contributed by atoms with E-state index in [9.17, 15) is 14.8 Å². The highest BCUT2D eigenvalue weighted by molar-refractivity contribution is 7.34.